The molecule has 228 valence electrons. The van der Waals surface area contributed by atoms with E-state index in [2.05, 4.69) is 116 Å². The van der Waals surface area contributed by atoms with Gasteiger partial charge in [-0.25, -0.2) is 0 Å². The van der Waals surface area contributed by atoms with Crippen molar-refractivity contribution in [1.29, 1.82) is 0 Å². The molecule has 0 unspecified atom stereocenters. The van der Waals surface area contributed by atoms with Crippen molar-refractivity contribution in [3.63, 3.8) is 0 Å². The van der Waals surface area contributed by atoms with Gasteiger partial charge in [-0.3, -0.25) is 0 Å². The molecule has 8 heteroatoms. The van der Waals surface area contributed by atoms with Gasteiger partial charge in [-0.2, -0.15) is 0 Å². The van der Waals surface area contributed by atoms with E-state index in [0.717, 1.165) is 0 Å². The molecular weight excluding hydrogens is 737 g/mol. The zero-order valence-corrected chi connectivity index (χ0v) is 31.3. The normalized spacial score (nSPS) is 15.2. The Morgan fingerprint density at radius 3 is 0.833 bits per heavy atom. The Kier molecular flexibility index (Phi) is 6.53. The molecule has 8 aromatic heterocycles. The molecule has 12 rings (SSSR count). The topological polar surface area (TPSA) is 0 Å². The third-order valence-electron chi connectivity index (χ3n) is 9.22. The molecule has 0 aliphatic heterocycles. The number of hydrogen-bond donors (Lipinski definition) is 0. The molecule has 0 nitrogen and oxygen atoms in total. The van der Waals surface area contributed by atoms with Gasteiger partial charge in [-0.1, -0.05) is 24.3 Å². The van der Waals surface area contributed by atoms with E-state index in [1.807, 2.05) is 90.7 Å². The number of thiophene rings is 8. The molecule has 0 N–H and O–H groups in total. The van der Waals surface area contributed by atoms with Crippen LogP contribution in [-0.4, -0.2) is 0 Å². The maximum atomic E-state index is 2.31. The fourth-order valence-corrected chi connectivity index (χ4v) is 14.6. The minimum atomic E-state index is 1.38. The van der Waals surface area contributed by atoms with Crippen LogP contribution < -0.4 is 0 Å². The minimum absolute atomic E-state index is 1.38. The van der Waals surface area contributed by atoms with E-state index in [1.54, 1.807) is 0 Å². The van der Waals surface area contributed by atoms with Crippen molar-refractivity contribution in [2.24, 2.45) is 0 Å². The SMILES string of the molecule is c1csc(C2=C3C(=C(c4cccs4)c4ccsc43)c3sccc32)c1.c1csc(C2=C3C(=C(c4cccs4)c4sccc43)c3ccsc32)c1. The fourth-order valence-electron chi connectivity index (χ4n) is 7.45. The van der Waals surface area contributed by atoms with Gasteiger partial charge in [-0.05, 0) is 91.6 Å². The van der Waals surface area contributed by atoms with Crippen molar-refractivity contribution >= 4 is 135 Å². The monoisotopic (exact) mass is 756 g/mol. The molecule has 8 aromatic rings. The third kappa shape index (κ3) is 3.94. The van der Waals surface area contributed by atoms with Gasteiger partial charge in [0.15, 0.2) is 0 Å². The van der Waals surface area contributed by atoms with E-state index in [1.165, 1.54) is 106 Å². The molecule has 0 amide bonds. The van der Waals surface area contributed by atoms with Crippen molar-refractivity contribution < 1.29 is 0 Å². The van der Waals surface area contributed by atoms with Gasteiger partial charge >= 0.3 is 0 Å². The number of allylic oxidation sites excluding steroid dienone is 4. The van der Waals surface area contributed by atoms with E-state index < -0.39 is 0 Å². The van der Waals surface area contributed by atoms with Gasteiger partial charge < -0.3 is 0 Å². The Labute approximate surface area is 309 Å². The average molecular weight is 757 g/mol. The van der Waals surface area contributed by atoms with Crippen LogP contribution >= 0.6 is 90.7 Å². The minimum Gasteiger partial charge on any atom is -0.144 e. The summed E-state index contributed by atoms with van der Waals surface area (Å²) < 4.78 is 0. The zero-order chi connectivity index (χ0) is 31.3. The van der Waals surface area contributed by atoms with E-state index in [4.69, 9.17) is 0 Å². The maximum Gasteiger partial charge on any atom is 0.0442 e. The lowest BCUT2D eigenvalue weighted by Gasteiger charge is -2.03. The summed E-state index contributed by atoms with van der Waals surface area (Å²) in [6.45, 7) is 0. The van der Waals surface area contributed by atoms with Gasteiger partial charge in [0, 0.05) is 106 Å². The van der Waals surface area contributed by atoms with Crippen molar-refractivity contribution in [2.75, 3.05) is 0 Å². The summed E-state index contributed by atoms with van der Waals surface area (Å²) in [6, 6.07) is 26.9. The van der Waals surface area contributed by atoms with Crippen molar-refractivity contribution in [2.45, 2.75) is 0 Å². The third-order valence-corrected chi connectivity index (χ3v) is 16.5. The summed E-state index contributed by atoms with van der Waals surface area (Å²) in [6.07, 6.45) is 0. The molecule has 0 saturated heterocycles. The van der Waals surface area contributed by atoms with Crippen LogP contribution in [0.1, 0.15) is 61.3 Å². The summed E-state index contributed by atoms with van der Waals surface area (Å²) >= 11 is 14.9. The van der Waals surface area contributed by atoms with Crippen LogP contribution in [0.15, 0.2) is 116 Å². The van der Waals surface area contributed by atoms with Gasteiger partial charge in [0.1, 0.15) is 0 Å². The standard InChI is InChI=1S/2C20H10S4/c1-3-13(21-7-1)17-15-11-5-10-24-20(11)18(14-4-2-8-22-14)16(15)12-6-9-23-19(12)17;1-3-13(21-7-1)15-11-5-9-23-19(11)18-16(14-4-2-8-22-14)12-6-10-24-20(12)17(15)18/h2*1-10H. The van der Waals surface area contributed by atoms with Crippen molar-refractivity contribution in [3.05, 3.63) is 177 Å². The molecule has 0 bridgehead atoms. The van der Waals surface area contributed by atoms with E-state index in [-0.39, 0.29) is 0 Å². The largest absolute Gasteiger partial charge is 0.144 e. The van der Waals surface area contributed by atoms with Crippen LogP contribution in [-0.2, 0) is 0 Å². The van der Waals surface area contributed by atoms with Crippen molar-refractivity contribution in [1.82, 2.24) is 0 Å². The summed E-state index contributed by atoms with van der Waals surface area (Å²) in [5.41, 5.74) is 17.3. The molecule has 0 atom stereocenters. The first-order valence-corrected chi connectivity index (χ1v) is 22.4. The summed E-state index contributed by atoms with van der Waals surface area (Å²) in [5, 5.41) is 17.7. The Morgan fingerprint density at radius 1 is 0.229 bits per heavy atom. The molecule has 0 fully saturated rings. The lowest BCUT2D eigenvalue weighted by molar-refractivity contribution is 1.71. The van der Waals surface area contributed by atoms with Crippen LogP contribution in [0, 0.1) is 0 Å². The van der Waals surface area contributed by atoms with Gasteiger partial charge in [0.25, 0.3) is 0 Å². The first-order chi connectivity index (χ1) is 23.9. The molecular formula is C40H20S8. The molecule has 4 aliphatic carbocycles. The highest BCUT2D eigenvalue weighted by atomic mass is 32.1. The summed E-state index contributed by atoms with van der Waals surface area (Å²) in [5.74, 6) is 0. The molecule has 0 aromatic carbocycles. The average Bonchev–Trinajstić information content (AvgIpc) is 3.91. The Morgan fingerprint density at radius 2 is 0.521 bits per heavy atom. The number of fused-ring (bicyclic) bond motifs is 10. The second-order valence-corrected chi connectivity index (χ2v) is 19.0. The Balaban J connectivity index is 0.000000117. The van der Waals surface area contributed by atoms with Crippen LogP contribution in [0.2, 0.25) is 0 Å². The molecule has 0 radical (unpaired) electrons. The first-order valence-electron chi connectivity index (χ1n) is 15.3. The smallest absolute Gasteiger partial charge is 0.0442 e. The Bertz CT molecular complexity index is 2260. The predicted molar refractivity (Wildman–Crippen MR) is 218 cm³/mol. The highest BCUT2D eigenvalue weighted by Gasteiger charge is 2.41. The fraction of sp³-hybridized carbons (Fsp3) is 0. The quantitative estimate of drug-likeness (QED) is 0.168. The van der Waals surface area contributed by atoms with Crippen molar-refractivity contribution in [3.8, 4) is 0 Å². The summed E-state index contributed by atoms with van der Waals surface area (Å²) in [7, 11) is 0. The Hall–Kier alpha value is -3.44. The van der Waals surface area contributed by atoms with Gasteiger partial charge in [0.05, 0.1) is 0 Å². The van der Waals surface area contributed by atoms with E-state index in [9.17, 15) is 0 Å². The maximum absolute atomic E-state index is 2.31. The predicted octanol–water partition coefficient (Wildman–Crippen LogP) is 14.4. The number of hydrogen-bond acceptors (Lipinski definition) is 8. The van der Waals surface area contributed by atoms with Crippen LogP contribution in [0.4, 0.5) is 0 Å². The van der Waals surface area contributed by atoms with E-state index >= 15 is 0 Å². The van der Waals surface area contributed by atoms with Crippen LogP contribution in [0.5, 0.6) is 0 Å². The molecule has 0 saturated carbocycles. The molecule has 8 heterocycles. The molecule has 0 spiro atoms. The van der Waals surface area contributed by atoms with E-state index in [0.29, 0.717) is 0 Å². The lowest BCUT2D eigenvalue weighted by Crippen LogP contribution is -1.84. The van der Waals surface area contributed by atoms with Crippen LogP contribution in [0.25, 0.3) is 44.6 Å². The highest BCUT2D eigenvalue weighted by Crippen LogP contribution is 2.63. The lowest BCUT2D eigenvalue weighted by atomic mass is 10.0. The second kappa shape index (κ2) is 11.0. The van der Waals surface area contributed by atoms with Gasteiger partial charge in [0.2, 0.25) is 0 Å². The zero-order valence-electron chi connectivity index (χ0n) is 24.8. The molecule has 48 heavy (non-hydrogen) atoms. The molecule has 4 aliphatic rings. The first kappa shape index (κ1) is 28.4. The second-order valence-electron chi connectivity index (χ2n) is 11.6. The number of rotatable bonds is 4. The van der Waals surface area contributed by atoms with Crippen LogP contribution in [0.3, 0.4) is 0 Å². The van der Waals surface area contributed by atoms with Gasteiger partial charge in [-0.15, -0.1) is 90.7 Å². The summed E-state index contributed by atoms with van der Waals surface area (Å²) in [4.78, 5) is 11.3. The highest BCUT2D eigenvalue weighted by molar-refractivity contribution is 7.17.